The molecule has 2 rings (SSSR count). The number of amides is 1. The fourth-order valence-electron chi connectivity index (χ4n) is 4.01. The third kappa shape index (κ3) is 6.57. The van der Waals surface area contributed by atoms with E-state index >= 15 is 0 Å². The average Bonchev–Trinajstić information content (AvgIpc) is 2.77. The molecule has 0 aromatic heterocycles. The predicted molar refractivity (Wildman–Crippen MR) is 135 cm³/mol. The molecule has 174 valence electrons. The molecular formula is C26H39N5O. The van der Waals surface area contributed by atoms with Gasteiger partial charge in [-0.25, -0.2) is 0 Å². The van der Waals surface area contributed by atoms with Crippen LogP contribution < -0.4 is 5.32 Å². The predicted octanol–water partition coefficient (Wildman–Crippen LogP) is 3.51. The average molecular weight is 438 g/mol. The summed E-state index contributed by atoms with van der Waals surface area (Å²) in [4.78, 5) is 23.5. The second-order valence-electron chi connectivity index (χ2n) is 8.53. The summed E-state index contributed by atoms with van der Waals surface area (Å²) in [6.45, 7) is 20.0. The van der Waals surface area contributed by atoms with Gasteiger partial charge in [0.2, 0.25) is 0 Å². The number of piperazine rings is 1. The first-order valence-corrected chi connectivity index (χ1v) is 11.3. The van der Waals surface area contributed by atoms with Gasteiger partial charge in [0.1, 0.15) is 0 Å². The minimum atomic E-state index is -0.0645. The van der Waals surface area contributed by atoms with E-state index in [1.54, 1.807) is 19.0 Å². The molecule has 2 aliphatic rings. The van der Waals surface area contributed by atoms with Crippen molar-refractivity contribution >= 4 is 11.6 Å². The second-order valence-corrected chi connectivity index (χ2v) is 8.53. The highest BCUT2D eigenvalue weighted by molar-refractivity contribution is 6.30. The van der Waals surface area contributed by atoms with Gasteiger partial charge in [-0.15, -0.1) is 6.58 Å². The zero-order valence-electron chi connectivity index (χ0n) is 20.4. The van der Waals surface area contributed by atoms with Crippen LogP contribution in [0.2, 0.25) is 0 Å². The summed E-state index contributed by atoms with van der Waals surface area (Å²) in [6, 6.07) is 0. The molecule has 0 radical (unpaired) electrons. The maximum absolute atomic E-state index is 12.6. The van der Waals surface area contributed by atoms with E-state index in [0.29, 0.717) is 11.3 Å². The van der Waals surface area contributed by atoms with Gasteiger partial charge < -0.3 is 15.1 Å². The van der Waals surface area contributed by atoms with E-state index in [2.05, 4.69) is 47.1 Å². The van der Waals surface area contributed by atoms with Crippen LogP contribution in [0.25, 0.3) is 0 Å². The van der Waals surface area contributed by atoms with Crippen molar-refractivity contribution in [2.45, 2.75) is 27.2 Å². The highest BCUT2D eigenvalue weighted by atomic mass is 16.2. The Balaban J connectivity index is 1.96. The Labute approximate surface area is 194 Å². The third-order valence-electron chi connectivity index (χ3n) is 5.78. The van der Waals surface area contributed by atoms with Gasteiger partial charge in [-0.05, 0) is 26.8 Å². The Morgan fingerprint density at radius 2 is 1.88 bits per heavy atom. The number of carbonyl (C=O) groups is 1. The maximum atomic E-state index is 12.6. The van der Waals surface area contributed by atoms with Gasteiger partial charge in [-0.2, -0.15) is 0 Å². The molecule has 1 aliphatic heterocycles. The molecular weight excluding hydrogens is 398 g/mol. The van der Waals surface area contributed by atoms with Crippen LogP contribution in [0.4, 0.5) is 0 Å². The van der Waals surface area contributed by atoms with Gasteiger partial charge in [-0.3, -0.25) is 14.7 Å². The molecule has 1 amide bonds. The molecule has 6 heteroatoms. The van der Waals surface area contributed by atoms with Gasteiger partial charge in [0.05, 0.1) is 11.3 Å². The lowest BCUT2D eigenvalue weighted by Crippen LogP contribution is -2.47. The molecule has 0 aromatic carbocycles. The van der Waals surface area contributed by atoms with E-state index < -0.39 is 0 Å². The highest BCUT2D eigenvalue weighted by Gasteiger charge is 2.23. The Bertz CT molecular complexity index is 861. The summed E-state index contributed by atoms with van der Waals surface area (Å²) in [7, 11) is 3.50. The van der Waals surface area contributed by atoms with E-state index in [9.17, 15) is 4.79 Å². The molecule has 1 heterocycles. The zero-order valence-corrected chi connectivity index (χ0v) is 20.4. The van der Waals surface area contributed by atoms with Crippen molar-refractivity contribution in [1.29, 1.82) is 0 Å². The largest absolute Gasteiger partial charge is 0.387 e. The number of likely N-dealkylation sites (N-methyl/N-ethyl adjacent to an activating group) is 1. The molecule has 0 bridgehead atoms. The van der Waals surface area contributed by atoms with Gasteiger partial charge >= 0.3 is 0 Å². The van der Waals surface area contributed by atoms with E-state index in [1.165, 1.54) is 17.5 Å². The number of nitrogens with one attached hydrogen (secondary N) is 1. The summed E-state index contributed by atoms with van der Waals surface area (Å²) in [5.41, 5.74) is 5.97. The Kier molecular flexibility index (Phi) is 9.72. The molecule has 0 unspecified atom stereocenters. The number of hydrogen-bond acceptors (Lipinski definition) is 5. The van der Waals surface area contributed by atoms with Crippen LogP contribution in [-0.2, 0) is 4.79 Å². The standard InChI is InChI=1S/C26H39N5O/c1-8-11-24(20(3)4)31-18-16-30(17-19-31)15-14-28-21(5)22-12-10-13-23(25(22)27-9-2)26(32)29(6)7/h8-10,12-13,28H,1-2,11,14-19H2,3-7H3/b22-21+,27-25+. The number of allylic oxidation sites excluding steroid dienone is 7. The number of rotatable bonds is 9. The number of carbonyl (C=O) groups excluding carboxylic acids is 1. The highest BCUT2D eigenvalue weighted by Crippen LogP contribution is 2.20. The van der Waals surface area contributed by atoms with E-state index in [0.717, 1.165) is 57.0 Å². The lowest BCUT2D eigenvalue weighted by atomic mass is 9.94. The molecule has 0 atom stereocenters. The van der Waals surface area contributed by atoms with Gasteiger partial charge in [0.15, 0.2) is 0 Å². The van der Waals surface area contributed by atoms with Crippen LogP contribution in [0, 0.1) is 0 Å². The van der Waals surface area contributed by atoms with Crippen LogP contribution in [0.3, 0.4) is 0 Å². The Morgan fingerprint density at radius 1 is 1.19 bits per heavy atom. The SMILES string of the molecule is C=CCC(=C(C)C)N1CCN(CCN/C(C)=C2\C=CC=C(C(=O)N(C)C)\C2=N\C=C)CC1. The van der Waals surface area contributed by atoms with Gasteiger partial charge in [-0.1, -0.05) is 30.4 Å². The van der Waals surface area contributed by atoms with E-state index in [-0.39, 0.29) is 5.91 Å². The first-order chi connectivity index (χ1) is 15.3. The van der Waals surface area contributed by atoms with Crippen LogP contribution in [0.5, 0.6) is 0 Å². The van der Waals surface area contributed by atoms with E-state index in [1.807, 2.05) is 31.2 Å². The first-order valence-electron chi connectivity index (χ1n) is 11.3. The number of aliphatic imine (C=N–C) groups is 1. The normalized spacial score (nSPS) is 19.3. The maximum Gasteiger partial charge on any atom is 0.255 e. The number of nitrogens with zero attached hydrogens (tertiary/aromatic N) is 4. The molecule has 1 aliphatic carbocycles. The van der Waals surface area contributed by atoms with Crippen LogP contribution in [-0.4, -0.2) is 79.7 Å². The summed E-state index contributed by atoms with van der Waals surface area (Å²) in [6.07, 6.45) is 10.1. The van der Waals surface area contributed by atoms with Crippen LogP contribution in [0.1, 0.15) is 27.2 Å². The smallest absolute Gasteiger partial charge is 0.255 e. The zero-order chi connectivity index (χ0) is 23.7. The van der Waals surface area contributed by atoms with Crippen LogP contribution in [0.15, 0.2) is 76.8 Å². The summed E-state index contributed by atoms with van der Waals surface area (Å²) >= 11 is 0. The van der Waals surface area contributed by atoms with Gasteiger partial charge in [0.25, 0.3) is 5.91 Å². The summed E-state index contributed by atoms with van der Waals surface area (Å²) < 4.78 is 0. The van der Waals surface area contributed by atoms with Crippen molar-refractivity contribution in [3.63, 3.8) is 0 Å². The minimum absolute atomic E-state index is 0.0645. The summed E-state index contributed by atoms with van der Waals surface area (Å²) in [5.74, 6) is -0.0645. The molecule has 1 saturated heterocycles. The molecule has 0 spiro atoms. The molecule has 32 heavy (non-hydrogen) atoms. The topological polar surface area (TPSA) is 51.2 Å². The third-order valence-corrected chi connectivity index (χ3v) is 5.78. The summed E-state index contributed by atoms with van der Waals surface area (Å²) in [5, 5.41) is 3.53. The fraction of sp³-hybridized carbons (Fsp3) is 0.462. The van der Waals surface area contributed by atoms with Crippen molar-refractivity contribution in [2.75, 3.05) is 53.4 Å². The molecule has 6 nitrogen and oxygen atoms in total. The van der Waals surface area contributed by atoms with Crippen LogP contribution >= 0.6 is 0 Å². The van der Waals surface area contributed by atoms with Crippen molar-refractivity contribution in [2.24, 2.45) is 4.99 Å². The Hall–Kier alpha value is -2.86. The first kappa shape index (κ1) is 25.4. The Morgan fingerprint density at radius 3 is 2.44 bits per heavy atom. The fourth-order valence-corrected chi connectivity index (χ4v) is 4.01. The molecule has 0 saturated carbocycles. The van der Waals surface area contributed by atoms with Crippen molar-refractivity contribution in [1.82, 2.24) is 20.0 Å². The van der Waals surface area contributed by atoms with Crippen molar-refractivity contribution in [3.05, 3.63) is 71.8 Å². The van der Waals surface area contributed by atoms with Gasteiger partial charge in [0, 0.05) is 83.0 Å². The lowest BCUT2D eigenvalue weighted by molar-refractivity contribution is -0.124. The molecule has 1 N–H and O–H groups in total. The monoisotopic (exact) mass is 437 g/mol. The van der Waals surface area contributed by atoms with Crippen molar-refractivity contribution in [3.8, 4) is 0 Å². The molecule has 1 fully saturated rings. The van der Waals surface area contributed by atoms with Crippen molar-refractivity contribution < 1.29 is 4.79 Å². The second kappa shape index (κ2) is 12.2. The van der Waals surface area contributed by atoms with E-state index in [4.69, 9.17) is 0 Å². The quantitative estimate of drug-likeness (QED) is 0.561. The minimum Gasteiger partial charge on any atom is -0.387 e. The lowest BCUT2D eigenvalue weighted by Gasteiger charge is -2.38. The molecule has 0 aromatic rings. The number of hydrogen-bond donors (Lipinski definition) is 1.